The molecule has 0 N–H and O–H groups in total. The Kier molecular flexibility index (Phi) is 6.11. The van der Waals surface area contributed by atoms with E-state index in [4.69, 9.17) is 4.74 Å². The minimum Gasteiger partial charge on any atom is -0.754 e. The lowest BCUT2D eigenvalue weighted by Crippen LogP contribution is -2.51. The van der Waals surface area contributed by atoms with Gasteiger partial charge in [-0.05, 0) is 31.7 Å². The fraction of sp³-hybridized carbons (Fsp3) is 0.300. The highest BCUT2D eigenvalue weighted by Gasteiger charge is 2.32. The lowest BCUT2D eigenvalue weighted by Gasteiger charge is -2.40. The van der Waals surface area contributed by atoms with Crippen LogP contribution in [0.15, 0.2) is 53.6 Å². The maximum atomic E-state index is 13.1. The van der Waals surface area contributed by atoms with E-state index in [0.717, 1.165) is 15.4 Å². The maximum absolute atomic E-state index is 13.1. The van der Waals surface area contributed by atoms with Crippen LogP contribution in [0.5, 0.6) is 0 Å². The number of carbonyl (C=O) groups is 2. The normalized spacial score (nSPS) is 15.7. The first-order valence-electron chi connectivity index (χ1n) is 8.97. The van der Waals surface area contributed by atoms with Crippen LogP contribution in [0.25, 0.3) is 10.8 Å². The molecule has 28 heavy (non-hydrogen) atoms. The molecule has 7 nitrogen and oxygen atoms in total. The maximum Gasteiger partial charge on any atom is 0.310 e. The molecule has 2 aromatic carbocycles. The quantitative estimate of drug-likeness (QED) is 0.548. The van der Waals surface area contributed by atoms with E-state index in [0.29, 0.717) is 17.5 Å². The summed E-state index contributed by atoms with van der Waals surface area (Å²) in [5.74, 6) is -1.01. The molecule has 0 aliphatic carbocycles. The zero-order chi connectivity index (χ0) is 20.3. The highest BCUT2D eigenvalue weighted by molar-refractivity contribution is 7.80. The smallest absolute Gasteiger partial charge is 0.310 e. The number of nitrogens with zero attached hydrogens (tertiary/aromatic N) is 2. The molecule has 1 amide bonds. The van der Waals surface area contributed by atoms with Gasteiger partial charge in [-0.1, -0.05) is 42.0 Å². The van der Waals surface area contributed by atoms with Crippen LogP contribution in [0, 0.1) is 0 Å². The minimum absolute atomic E-state index is 0.177. The SMILES string of the molecule is CCOC(=O)CC1=C(C)CCN(N(c2cccc3ccccc23)S(=O)[O-])C1=O. The third-order valence-corrected chi connectivity index (χ3v) is 5.34. The number of esters is 1. The van der Waals surface area contributed by atoms with Gasteiger partial charge in [0.05, 0.1) is 30.0 Å². The zero-order valence-corrected chi connectivity index (χ0v) is 16.5. The fourth-order valence-corrected chi connectivity index (χ4v) is 3.92. The number of hydrogen-bond acceptors (Lipinski definition) is 5. The van der Waals surface area contributed by atoms with E-state index in [1.165, 1.54) is 5.01 Å². The van der Waals surface area contributed by atoms with Gasteiger partial charge in [0, 0.05) is 17.5 Å². The molecule has 0 saturated heterocycles. The molecular formula is C20H21N2O5S-. The lowest BCUT2D eigenvalue weighted by molar-refractivity contribution is -0.143. The molecule has 148 valence electrons. The van der Waals surface area contributed by atoms with E-state index in [-0.39, 0.29) is 25.1 Å². The third-order valence-electron chi connectivity index (χ3n) is 4.67. The van der Waals surface area contributed by atoms with E-state index in [1.807, 2.05) is 24.3 Å². The van der Waals surface area contributed by atoms with Gasteiger partial charge in [-0.25, -0.2) is 9.42 Å². The molecule has 2 aromatic rings. The van der Waals surface area contributed by atoms with Crippen molar-refractivity contribution < 1.29 is 23.1 Å². The predicted molar refractivity (Wildman–Crippen MR) is 106 cm³/mol. The van der Waals surface area contributed by atoms with Crippen molar-refractivity contribution in [2.75, 3.05) is 17.6 Å². The molecule has 0 aromatic heterocycles. The number of ether oxygens (including phenoxy) is 1. The van der Waals surface area contributed by atoms with Crippen molar-refractivity contribution >= 4 is 39.6 Å². The summed E-state index contributed by atoms with van der Waals surface area (Å²) >= 11 is -2.72. The van der Waals surface area contributed by atoms with Crippen molar-refractivity contribution in [1.82, 2.24) is 5.01 Å². The molecule has 0 radical (unpaired) electrons. The van der Waals surface area contributed by atoms with Crippen molar-refractivity contribution in [2.45, 2.75) is 26.7 Å². The Hall–Kier alpha value is -2.71. The standard InChI is InChI=1S/C20H22N2O5S/c1-3-27-19(23)13-17-14(2)11-12-21(20(17)24)22(28(25)26)18-10-6-8-15-7-4-5-9-16(15)18/h4-10H,3,11-13H2,1-2H3,(H,25,26)/p-1. The number of carbonyl (C=O) groups excluding carboxylic acids is 2. The first-order chi connectivity index (χ1) is 13.4. The van der Waals surface area contributed by atoms with Crippen LogP contribution in [0.3, 0.4) is 0 Å². The van der Waals surface area contributed by atoms with Crippen molar-refractivity contribution in [3.8, 4) is 0 Å². The van der Waals surface area contributed by atoms with Crippen LogP contribution < -0.4 is 4.41 Å². The Morgan fingerprint density at radius 3 is 2.68 bits per heavy atom. The number of anilines is 1. The molecule has 3 rings (SSSR count). The summed E-state index contributed by atoms with van der Waals surface area (Å²) in [6, 6.07) is 12.6. The number of hydrazine groups is 1. The van der Waals surface area contributed by atoms with Crippen molar-refractivity contribution in [2.24, 2.45) is 0 Å². The predicted octanol–water partition coefficient (Wildman–Crippen LogP) is 2.86. The summed E-state index contributed by atoms with van der Waals surface area (Å²) < 4.78 is 30.2. The van der Waals surface area contributed by atoms with Gasteiger partial charge >= 0.3 is 5.97 Å². The van der Waals surface area contributed by atoms with Gasteiger partial charge in [0.2, 0.25) is 0 Å². The molecule has 1 heterocycles. The Labute approximate surface area is 166 Å². The van der Waals surface area contributed by atoms with Gasteiger partial charge in [-0.3, -0.25) is 13.8 Å². The summed E-state index contributed by atoms with van der Waals surface area (Å²) in [4.78, 5) is 25.0. The average molecular weight is 401 g/mol. The monoisotopic (exact) mass is 401 g/mol. The van der Waals surface area contributed by atoms with E-state index >= 15 is 0 Å². The van der Waals surface area contributed by atoms with Gasteiger partial charge in [0.25, 0.3) is 5.91 Å². The summed E-state index contributed by atoms with van der Waals surface area (Å²) in [5.41, 5.74) is 1.43. The molecule has 0 saturated carbocycles. The van der Waals surface area contributed by atoms with Crippen LogP contribution in [0.4, 0.5) is 5.69 Å². The Balaban J connectivity index is 2.00. The third kappa shape index (κ3) is 3.93. The van der Waals surface area contributed by atoms with Gasteiger partial charge in [0.1, 0.15) is 0 Å². The molecule has 8 heteroatoms. The highest BCUT2D eigenvalue weighted by Crippen LogP contribution is 2.32. The van der Waals surface area contributed by atoms with E-state index in [2.05, 4.69) is 0 Å². The number of amides is 1. The molecule has 0 fully saturated rings. The first-order valence-corrected chi connectivity index (χ1v) is 10.0. The van der Waals surface area contributed by atoms with Crippen LogP contribution >= 0.6 is 0 Å². The summed E-state index contributed by atoms with van der Waals surface area (Å²) in [6.45, 7) is 3.89. The van der Waals surface area contributed by atoms with Crippen LogP contribution in [-0.2, 0) is 25.6 Å². The van der Waals surface area contributed by atoms with Crippen LogP contribution in [0.2, 0.25) is 0 Å². The van der Waals surface area contributed by atoms with Crippen molar-refractivity contribution in [3.05, 3.63) is 53.6 Å². The topological polar surface area (TPSA) is 90.0 Å². The fourth-order valence-electron chi connectivity index (χ4n) is 3.29. The van der Waals surface area contributed by atoms with Crippen LogP contribution in [0.1, 0.15) is 26.7 Å². The first kappa shape index (κ1) is 20.0. The molecular weight excluding hydrogens is 380 g/mol. The second kappa shape index (κ2) is 8.53. The Morgan fingerprint density at radius 1 is 1.25 bits per heavy atom. The summed E-state index contributed by atoms with van der Waals surface area (Å²) in [7, 11) is 0. The summed E-state index contributed by atoms with van der Waals surface area (Å²) in [6.07, 6.45) is 0.294. The molecule has 0 bridgehead atoms. The number of rotatable bonds is 6. The number of hydrogen-bond donors (Lipinski definition) is 0. The summed E-state index contributed by atoms with van der Waals surface area (Å²) in [5, 5.41) is 2.74. The Morgan fingerprint density at radius 2 is 1.96 bits per heavy atom. The van der Waals surface area contributed by atoms with E-state index in [1.54, 1.807) is 32.0 Å². The second-order valence-corrected chi connectivity index (χ2v) is 7.19. The van der Waals surface area contributed by atoms with Gasteiger partial charge in [-0.2, -0.15) is 0 Å². The minimum atomic E-state index is -2.72. The molecule has 1 aliphatic heterocycles. The average Bonchev–Trinajstić information content (AvgIpc) is 2.67. The Bertz CT molecular complexity index is 967. The molecule has 1 atom stereocenters. The lowest BCUT2D eigenvalue weighted by atomic mass is 9.99. The zero-order valence-electron chi connectivity index (χ0n) is 15.7. The van der Waals surface area contributed by atoms with Crippen molar-refractivity contribution in [1.29, 1.82) is 0 Å². The second-order valence-electron chi connectivity index (χ2n) is 6.41. The molecule has 1 aliphatic rings. The number of fused-ring (bicyclic) bond motifs is 1. The van der Waals surface area contributed by atoms with E-state index < -0.39 is 23.1 Å². The van der Waals surface area contributed by atoms with Crippen molar-refractivity contribution in [3.63, 3.8) is 0 Å². The molecule has 0 spiro atoms. The number of benzene rings is 2. The molecule has 1 unspecified atom stereocenters. The van der Waals surface area contributed by atoms with Crippen LogP contribution in [-0.4, -0.2) is 38.8 Å². The van der Waals surface area contributed by atoms with E-state index in [9.17, 15) is 18.4 Å². The largest absolute Gasteiger partial charge is 0.754 e. The highest BCUT2D eigenvalue weighted by atomic mass is 32.2. The van der Waals surface area contributed by atoms with Gasteiger partial charge < -0.3 is 9.29 Å². The van der Waals surface area contributed by atoms with Gasteiger partial charge in [0.15, 0.2) is 0 Å². The van der Waals surface area contributed by atoms with Gasteiger partial charge in [-0.15, -0.1) is 0 Å².